The molecule has 0 radical (unpaired) electrons. The number of carbonyl (C=O) groups excluding carboxylic acids is 2. The van der Waals surface area contributed by atoms with Gasteiger partial charge in [0.2, 0.25) is 5.91 Å². The van der Waals surface area contributed by atoms with Crippen molar-refractivity contribution in [1.29, 1.82) is 0 Å². The summed E-state index contributed by atoms with van der Waals surface area (Å²) in [5.74, 6) is 0.144. The summed E-state index contributed by atoms with van der Waals surface area (Å²) in [7, 11) is 0. The molecule has 1 heterocycles. The van der Waals surface area contributed by atoms with Crippen LogP contribution in [0.1, 0.15) is 20.7 Å². The average Bonchev–Trinajstić information content (AvgIpc) is 2.64. The molecule has 0 aliphatic heterocycles. The third-order valence-electron chi connectivity index (χ3n) is 3.42. The van der Waals surface area contributed by atoms with Gasteiger partial charge in [0.05, 0.1) is 5.69 Å². The van der Waals surface area contributed by atoms with Crippen LogP contribution in [0.15, 0.2) is 73.1 Å². The number of primary amides is 1. The predicted molar refractivity (Wildman–Crippen MR) is 93.7 cm³/mol. The molecule has 3 rings (SSSR count). The van der Waals surface area contributed by atoms with E-state index in [0.29, 0.717) is 22.7 Å². The fourth-order valence-electron chi connectivity index (χ4n) is 2.20. The molecular formula is C19H15N3O3. The Morgan fingerprint density at radius 2 is 1.64 bits per heavy atom. The maximum atomic E-state index is 12.5. The highest BCUT2D eigenvalue weighted by molar-refractivity contribution is 6.06. The fourth-order valence-corrected chi connectivity index (χ4v) is 2.20. The summed E-state index contributed by atoms with van der Waals surface area (Å²) in [5, 5.41) is 2.78. The monoisotopic (exact) mass is 333 g/mol. The van der Waals surface area contributed by atoms with Crippen molar-refractivity contribution in [2.45, 2.75) is 0 Å². The summed E-state index contributed by atoms with van der Waals surface area (Å²) in [5.41, 5.74) is 6.36. The summed E-state index contributed by atoms with van der Waals surface area (Å²) in [6.07, 6.45) is 3.23. The molecule has 6 nitrogen and oxygen atoms in total. The van der Waals surface area contributed by atoms with Crippen LogP contribution in [0.2, 0.25) is 0 Å². The van der Waals surface area contributed by atoms with Gasteiger partial charge in [-0.05, 0) is 42.5 Å². The van der Waals surface area contributed by atoms with Crippen molar-refractivity contribution in [3.63, 3.8) is 0 Å². The lowest BCUT2D eigenvalue weighted by Crippen LogP contribution is -2.15. The van der Waals surface area contributed by atoms with E-state index in [4.69, 9.17) is 10.5 Å². The number of para-hydroxylation sites is 2. The number of benzene rings is 2. The predicted octanol–water partition coefficient (Wildman–Crippen LogP) is 3.23. The highest BCUT2D eigenvalue weighted by atomic mass is 16.5. The van der Waals surface area contributed by atoms with Crippen LogP contribution in [0.5, 0.6) is 11.5 Å². The van der Waals surface area contributed by atoms with Crippen LogP contribution in [-0.2, 0) is 0 Å². The number of aromatic nitrogens is 1. The molecule has 25 heavy (non-hydrogen) atoms. The Kier molecular flexibility index (Phi) is 4.71. The van der Waals surface area contributed by atoms with Gasteiger partial charge in [-0.2, -0.15) is 0 Å². The van der Waals surface area contributed by atoms with Crippen LogP contribution in [0.3, 0.4) is 0 Å². The van der Waals surface area contributed by atoms with Gasteiger partial charge in [-0.3, -0.25) is 14.6 Å². The number of rotatable bonds is 5. The van der Waals surface area contributed by atoms with E-state index in [9.17, 15) is 9.59 Å². The van der Waals surface area contributed by atoms with E-state index in [2.05, 4.69) is 10.3 Å². The summed E-state index contributed by atoms with van der Waals surface area (Å²) in [6, 6.07) is 16.7. The first-order valence-corrected chi connectivity index (χ1v) is 7.51. The summed E-state index contributed by atoms with van der Waals surface area (Å²) >= 11 is 0. The normalized spacial score (nSPS) is 10.1. The molecule has 0 saturated heterocycles. The molecule has 124 valence electrons. The molecule has 3 N–H and O–H groups in total. The zero-order chi connectivity index (χ0) is 17.6. The average molecular weight is 333 g/mol. The summed E-state index contributed by atoms with van der Waals surface area (Å²) in [4.78, 5) is 27.7. The molecule has 0 fully saturated rings. The number of hydrogen-bond donors (Lipinski definition) is 2. The van der Waals surface area contributed by atoms with Gasteiger partial charge < -0.3 is 15.8 Å². The molecule has 0 atom stereocenters. The number of pyridine rings is 1. The molecule has 0 spiro atoms. The van der Waals surface area contributed by atoms with Crippen molar-refractivity contribution in [3.8, 4) is 11.5 Å². The Morgan fingerprint density at radius 3 is 2.40 bits per heavy atom. The van der Waals surface area contributed by atoms with E-state index in [1.165, 1.54) is 6.07 Å². The molecule has 0 unspecified atom stereocenters. The zero-order valence-electron chi connectivity index (χ0n) is 13.2. The highest BCUT2D eigenvalue weighted by Crippen LogP contribution is 2.29. The second-order valence-electron chi connectivity index (χ2n) is 5.18. The van der Waals surface area contributed by atoms with E-state index in [1.807, 2.05) is 0 Å². The van der Waals surface area contributed by atoms with Crippen molar-refractivity contribution < 1.29 is 14.3 Å². The van der Waals surface area contributed by atoms with Gasteiger partial charge in [0, 0.05) is 23.5 Å². The molecule has 0 saturated carbocycles. The maximum Gasteiger partial charge on any atom is 0.255 e. The van der Waals surface area contributed by atoms with Gasteiger partial charge in [-0.25, -0.2) is 0 Å². The number of nitrogens with zero attached hydrogens (tertiary/aromatic N) is 1. The molecule has 0 aliphatic carbocycles. The second-order valence-corrected chi connectivity index (χ2v) is 5.18. The Hall–Kier alpha value is -3.67. The minimum atomic E-state index is -0.587. The second kappa shape index (κ2) is 7.27. The third-order valence-corrected chi connectivity index (χ3v) is 3.42. The van der Waals surface area contributed by atoms with Crippen LogP contribution in [0.4, 0.5) is 5.69 Å². The van der Waals surface area contributed by atoms with Gasteiger partial charge in [-0.15, -0.1) is 0 Å². The van der Waals surface area contributed by atoms with Gasteiger partial charge in [0.15, 0.2) is 5.75 Å². The molecule has 0 aliphatic rings. The number of nitrogens with two attached hydrogens (primary N) is 1. The van der Waals surface area contributed by atoms with E-state index in [1.54, 1.807) is 67.0 Å². The number of hydrogen-bond acceptors (Lipinski definition) is 4. The molecule has 6 heteroatoms. The van der Waals surface area contributed by atoms with E-state index < -0.39 is 5.91 Å². The first-order valence-electron chi connectivity index (χ1n) is 7.51. The quantitative estimate of drug-likeness (QED) is 0.749. The van der Waals surface area contributed by atoms with Crippen LogP contribution in [0, 0.1) is 0 Å². The van der Waals surface area contributed by atoms with Gasteiger partial charge >= 0.3 is 0 Å². The zero-order valence-corrected chi connectivity index (χ0v) is 13.2. The first kappa shape index (κ1) is 16.2. The molecule has 3 aromatic rings. The van der Waals surface area contributed by atoms with Crippen LogP contribution >= 0.6 is 0 Å². The lowest BCUT2D eigenvalue weighted by molar-refractivity contribution is 0.1000. The molecule has 1 aromatic heterocycles. The van der Waals surface area contributed by atoms with Gasteiger partial charge in [-0.1, -0.05) is 18.2 Å². The topological polar surface area (TPSA) is 94.3 Å². The number of amides is 2. The number of nitrogens with one attached hydrogen (secondary N) is 1. The molecular weight excluding hydrogens is 318 g/mol. The lowest BCUT2D eigenvalue weighted by Gasteiger charge is -2.12. The van der Waals surface area contributed by atoms with Crippen LogP contribution < -0.4 is 15.8 Å². The number of carbonyl (C=O) groups is 2. The SMILES string of the molecule is NC(=O)c1cccc(C(=O)Nc2ccccc2Oc2ccncc2)c1. The van der Waals surface area contributed by atoms with E-state index >= 15 is 0 Å². The fraction of sp³-hybridized carbons (Fsp3) is 0. The first-order chi connectivity index (χ1) is 12.1. The minimum Gasteiger partial charge on any atom is -0.455 e. The highest BCUT2D eigenvalue weighted by Gasteiger charge is 2.12. The van der Waals surface area contributed by atoms with Gasteiger partial charge in [0.1, 0.15) is 5.75 Å². The van der Waals surface area contributed by atoms with Crippen molar-refractivity contribution >= 4 is 17.5 Å². The smallest absolute Gasteiger partial charge is 0.255 e. The van der Waals surface area contributed by atoms with Gasteiger partial charge in [0.25, 0.3) is 5.91 Å². The third kappa shape index (κ3) is 4.00. The van der Waals surface area contributed by atoms with Crippen molar-refractivity contribution in [3.05, 3.63) is 84.2 Å². The van der Waals surface area contributed by atoms with Crippen molar-refractivity contribution in [2.24, 2.45) is 5.73 Å². The Bertz CT molecular complexity index is 911. The molecule has 0 bridgehead atoms. The number of anilines is 1. The molecule has 2 amide bonds. The van der Waals surface area contributed by atoms with Crippen molar-refractivity contribution in [2.75, 3.05) is 5.32 Å². The standard InChI is InChI=1S/C19H15N3O3/c20-18(23)13-4-3-5-14(12-13)19(24)22-16-6-1-2-7-17(16)25-15-8-10-21-11-9-15/h1-12H,(H2,20,23)(H,22,24). The summed E-state index contributed by atoms with van der Waals surface area (Å²) < 4.78 is 5.78. The lowest BCUT2D eigenvalue weighted by atomic mass is 10.1. The minimum absolute atomic E-state index is 0.272. The van der Waals surface area contributed by atoms with E-state index in [-0.39, 0.29) is 11.5 Å². The maximum absolute atomic E-state index is 12.5. The summed E-state index contributed by atoms with van der Waals surface area (Å²) in [6.45, 7) is 0. The molecule has 2 aromatic carbocycles. The van der Waals surface area contributed by atoms with Crippen molar-refractivity contribution in [1.82, 2.24) is 4.98 Å². The van der Waals surface area contributed by atoms with Crippen LogP contribution in [-0.4, -0.2) is 16.8 Å². The van der Waals surface area contributed by atoms with Crippen LogP contribution in [0.25, 0.3) is 0 Å². The Morgan fingerprint density at radius 1 is 0.920 bits per heavy atom. The largest absolute Gasteiger partial charge is 0.455 e. The van der Waals surface area contributed by atoms with E-state index in [0.717, 1.165) is 0 Å². The Balaban J connectivity index is 1.82. The number of ether oxygens (including phenoxy) is 1. The Labute approximate surface area is 144 Å².